The summed E-state index contributed by atoms with van der Waals surface area (Å²) in [5, 5.41) is 13.2. The summed E-state index contributed by atoms with van der Waals surface area (Å²) in [7, 11) is 1.63. The number of rotatable bonds is 9. The Hall–Kier alpha value is -0.650. The SMILES string of the molecule is COCCOCCNC(=O)C1CC(O)(CCC(C)(C)C)C1. The van der Waals surface area contributed by atoms with Crippen molar-refractivity contribution < 1.29 is 19.4 Å². The molecule has 1 amide bonds. The first-order valence-electron chi connectivity index (χ1n) is 7.82. The van der Waals surface area contributed by atoms with Gasteiger partial charge in [-0.05, 0) is 31.1 Å². The van der Waals surface area contributed by atoms with E-state index in [1.807, 2.05) is 0 Å². The molecule has 1 fully saturated rings. The van der Waals surface area contributed by atoms with Crippen molar-refractivity contribution in [1.82, 2.24) is 5.32 Å². The molecule has 0 aliphatic heterocycles. The number of ether oxygens (including phenoxy) is 2. The van der Waals surface area contributed by atoms with Gasteiger partial charge in [-0.25, -0.2) is 0 Å². The van der Waals surface area contributed by atoms with Crippen LogP contribution < -0.4 is 5.32 Å². The molecule has 124 valence electrons. The largest absolute Gasteiger partial charge is 0.390 e. The van der Waals surface area contributed by atoms with E-state index in [9.17, 15) is 9.90 Å². The molecule has 0 aromatic rings. The van der Waals surface area contributed by atoms with Crippen molar-refractivity contribution in [2.24, 2.45) is 11.3 Å². The maximum absolute atomic E-state index is 11.9. The summed E-state index contributed by atoms with van der Waals surface area (Å²) in [6.45, 7) is 8.63. The third-order valence-corrected chi connectivity index (χ3v) is 3.94. The predicted molar refractivity (Wildman–Crippen MR) is 82.1 cm³/mol. The molecule has 0 atom stereocenters. The molecule has 1 aliphatic rings. The van der Waals surface area contributed by atoms with Crippen LogP contribution in [-0.4, -0.2) is 50.1 Å². The monoisotopic (exact) mass is 301 g/mol. The predicted octanol–water partition coefficient (Wildman–Crippen LogP) is 1.73. The normalized spacial score (nSPS) is 25.5. The molecule has 0 heterocycles. The molecule has 21 heavy (non-hydrogen) atoms. The van der Waals surface area contributed by atoms with E-state index in [0.29, 0.717) is 39.2 Å². The summed E-state index contributed by atoms with van der Waals surface area (Å²) < 4.78 is 10.1. The highest BCUT2D eigenvalue weighted by atomic mass is 16.5. The number of carbonyl (C=O) groups excluding carboxylic acids is 1. The maximum atomic E-state index is 11.9. The highest BCUT2D eigenvalue weighted by Gasteiger charge is 2.45. The van der Waals surface area contributed by atoms with Crippen molar-refractivity contribution in [3.8, 4) is 0 Å². The van der Waals surface area contributed by atoms with Crippen LogP contribution in [0.25, 0.3) is 0 Å². The number of amides is 1. The molecule has 2 N–H and O–H groups in total. The Labute approximate surface area is 128 Å². The van der Waals surface area contributed by atoms with Gasteiger partial charge in [0.25, 0.3) is 0 Å². The van der Waals surface area contributed by atoms with Gasteiger partial charge < -0.3 is 19.9 Å². The van der Waals surface area contributed by atoms with Crippen molar-refractivity contribution in [3.63, 3.8) is 0 Å². The van der Waals surface area contributed by atoms with Gasteiger partial charge >= 0.3 is 0 Å². The lowest BCUT2D eigenvalue weighted by molar-refractivity contribution is -0.143. The molecule has 0 aromatic heterocycles. The zero-order valence-electron chi connectivity index (χ0n) is 13.9. The van der Waals surface area contributed by atoms with E-state index in [0.717, 1.165) is 12.8 Å². The van der Waals surface area contributed by atoms with Crippen molar-refractivity contribution in [2.75, 3.05) is 33.5 Å². The van der Waals surface area contributed by atoms with Gasteiger partial charge in [0.2, 0.25) is 5.91 Å². The van der Waals surface area contributed by atoms with E-state index >= 15 is 0 Å². The molecular formula is C16H31NO4. The third kappa shape index (κ3) is 7.25. The molecular weight excluding hydrogens is 270 g/mol. The Kier molecular flexibility index (Phi) is 7.10. The van der Waals surface area contributed by atoms with Gasteiger partial charge in [-0.3, -0.25) is 4.79 Å². The second-order valence-electron chi connectivity index (χ2n) is 7.29. The summed E-state index contributed by atoms with van der Waals surface area (Å²) in [6, 6.07) is 0. The molecule has 1 rings (SSSR count). The van der Waals surface area contributed by atoms with Gasteiger partial charge in [-0.15, -0.1) is 0 Å². The minimum Gasteiger partial charge on any atom is -0.390 e. The molecule has 1 aliphatic carbocycles. The quantitative estimate of drug-likeness (QED) is 0.637. The highest BCUT2D eigenvalue weighted by Crippen LogP contribution is 2.43. The molecule has 0 bridgehead atoms. The highest BCUT2D eigenvalue weighted by molar-refractivity contribution is 5.79. The second-order valence-corrected chi connectivity index (χ2v) is 7.29. The van der Waals surface area contributed by atoms with Crippen LogP contribution in [-0.2, 0) is 14.3 Å². The Bertz CT molecular complexity index is 319. The first-order chi connectivity index (χ1) is 9.76. The number of carbonyl (C=O) groups is 1. The summed E-state index contributed by atoms with van der Waals surface area (Å²) >= 11 is 0. The summed E-state index contributed by atoms with van der Waals surface area (Å²) in [5.74, 6) is -0.0141. The zero-order valence-corrected chi connectivity index (χ0v) is 13.9. The Morgan fingerprint density at radius 3 is 2.52 bits per heavy atom. The van der Waals surface area contributed by atoms with E-state index in [-0.39, 0.29) is 17.2 Å². The average molecular weight is 301 g/mol. The van der Waals surface area contributed by atoms with E-state index in [1.54, 1.807) is 7.11 Å². The number of aliphatic hydroxyl groups is 1. The van der Waals surface area contributed by atoms with Crippen molar-refractivity contribution in [1.29, 1.82) is 0 Å². The van der Waals surface area contributed by atoms with Crippen LogP contribution in [0.4, 0.5) is 0 Å². The van der Waals surface area contributed by atoms with Crippen molar-refractivity contribution in [2.45, 2.75) is 52.1 Å². The van der Waals surface area contributed by atoms with Gasteiger partial charge in [0.15, 0.2) is 0 Å². The lowest BCUT2D eigenvalue weighted by Gasteiger charge is -2.44. The average Bonchev–Trinajstić information content (AvgIpc) is 2.36. The van der Waals surface area contributed by atoms with Crippen LogP contribution in [0.15, 0.2) is 0 Å². The van der Waals surface area contributed by atoms with E-state index in [4.69, 9.17) is 9.47 Å². The van der Waals surface area contributed by atoms with Gasteiger partial charge in [0, 0.05) is 19.6 Å². The van der Waals surface area contributed by atoms with Crippen LogP contribution >= 0.6 is 0 Å². The Morgan fingerprint density at radius 2 is 1.95 bits per heavy atom. The molecule has 5 nitrogen and oxygen atoms in total. The van der Waals surface area contributed by atoms with Crippen LogP contribution in [0.3, 0.4) is 0 Å². The lowest BCUT2D eigenvalue weighted by Crippen LogP contribution is -2.50. The molecule has 5 heteroatoms. The molecule has 0 spiro atoms. The molecule has 0 unspecified atom stereocenters. The van der Waals surface area contributed by atoms with E-state index in [1.165, 1.54) is 0 Å². The van der Waals surface area contributed by atoms with Crippen LogP contribution in [0.2, 0.25) is 0 Å². The molecule has 0 radical (unpaired) electrons. The fourth-order valence-corrected chi connectivity index (χ4v) is 2.49. The summed E-state index contributed by atoms with van der Waals surface area (Å²) in [5.41, 5.74) is -0.410. The van der Waals surface area contributed by atoms with Crippen LogP contribution in [0.1, 0.15) is 46.5 Å². The van der Waals surface area contributed by atoms with E-state index < -0.39 is 5.60 Å². The molecule has 0 saturated heterocycles. The minimum atomic E-state index is -0.635. The van der Waals surface area contributed by atoms with Gasteiger partial charge in [-0.2, -0.15) is 0 Å². The van der Waals surface area contributed by atoms with Gasteiger partial charge in [0.1, 0.15) is 0 Å². The zero-order chi connectivity index (χ0) is 15.9. The number of methoxy groups -OCH3 is 1. The number of nitrogens with one attached hydrogen (secondary N) is 1. The fourth-order valence-electron chi connectivity index (χ4n) is 2.49. The van der Waals surface area contributed by atoms with Crippen LogP contribution in [0.5, 0.6) is 0 Å². The Morgan fingerprint density at radius 1 is 1.29 bits per heavy atom. The standard InChI is InChI=1S/C16H31NO4/c1-15(2,3)5-6-16(19)11-13(12-16)14(18)17-7-8-21-10-9-20-4/h13,19H,5-12H2,1-4H3,(H,17,18). The number of hydrogen-bond donors (Lipinski definition) is 2. The van der Waals surface area contributed by atoms with Crippen molar-refractivity contribution in [3.05, 3.63) is 0 Å². The first-order valence-corrected chi connectivity index (χ1v) is 7.82. The fraction of sp³-hybridized carbons (Fsp3) is 0.938. The second kappa shape index (κ2) is 8.11. The van der Waals surface area contributed by atoms with Crippen molar-refractivity contribution >= 4 is 5.91 Å². The summed E-state index contributed by atoms with van der Waals surface area (Å²) in [4.78, 5) is 11.9. The van der Waals surface area contributed by atoms with Gasteiger partial charge in [0.05, 0.1) is 25.4 Å². The smallest absolute Gasteiger partial charge is 0.223 e. The summed E-state index contributed by atoms with van der Waals surface area (Å²) in [6.07, 6.45) is 2.92. The van der Waals surface area contributed by atoms with Gasteiger partial charge in [-0.1, -0.05) is 20.8 Å². The van der Waals surface area contributed by atoms with E-state index in [2.05, 4.69) is 26.1 Å². The maximum Gasteiger partial charge on any atom is 0.223 e. The molecule has 1 saturated carbocycles. The third-order valence-electron chi connectivity index (χ3n) is 3.94. The number of hydrogen-bond acceptors (Lipinski definition) is 4. The topological polar surface area (TPSA) is 67.8 Å². The molecule has 0 aromatic carbocycles. The Balaban J connectivity index is 2.10. The van der Waals surface area contributed by atoms with Crippen LogP contribution in [0, 0.1) is 11.3 Å². The first kappa shape index (κ1) is 18.4. The lowest BCUT2D eigenvalue weighted by atomic mass is 9.66. The minimum absolute atomic E-state index is 0.0331.